The van der Waals surface area contributed by atoms with E-state index in [1.807, 2.05) is 6.92 Å². The number of hydrogen-bond acceptors (Lipinski definition) is 4. The molecule has 0 aliphatic carbocycles. The molecule has 6 nitrogen and oxygen atoms in total. The van der Waals surface area contributed by atoms with Gasteiger partial charge in [0.25, 0.3) is 0 Å². The lowest BCUT2D eigenvalue weighted by molar-refractivity contribution is 0.210. The monoisotopic (exact) mass is 312 g/mol. The smallest absolute Gasteiger partial charge is 0.322 e. The number of carbonyl (C=O) groups excluding carboxylic acids is 1. The van der Waals surface area contributed by atoms with E-state index in [1.165, 1.54) is 17.0 Å². The molecule has 0 radical (unpaired) electrons. The van der Waals surface area contributed by atoms with Crippen molar-refractivity contribution in [3.05, 3.63) is 40.8 Å². The molecule has 8 heteroatoms. The van der Waals surface area contributed by atoms with Crippen LogP contribution in [0.25, 0.3) is 0 Å². The minimum absolute atomic E-state index is 0.00242. The Labute approximate surface area is 125 Å². The van der Waals surface area contributed by atoms with Crippen molar-refractivity contribution in [2.24, 2.45) is 0 Å². The van der Waals surface area contributed by atoms with Crippen molar-refractivity contribution in [3.8, 4) is 0 Å². The molecule has 2 aromatic rings. The molecule has 2 rings (SSSR count). The number of amides is 2. The third-order valence-electron chi connectivity index (χ3n) is 2.74. The summed E-state index contributed by atoms with van der Waals surface area (Å²) in [5.74, 6) is 0.249. The molecular weight excluding hydrogens is 299 g/mol. The molecule has 0 saturated heterocycles. The Morgan fingerprint density at radius 3 is 2.86 bits per heavy atom. The van der Waals surface area contributed by atoms with E-state index in [-0.39, 0.29) is 17.6 Å². The average molecular weight is 313 g/mol. The molecule has 1 heterocycles. The van der Waals surface area contributed by atoms with Crippen LogP contribution >= 0.6 is 11.6 Å². The summed E-state index contributed by atoms with van der Waals surface area (Å²) in [5.41, 5.74) is 0.324. The number of aromatic nitrogens is 2. The summed E-state index contributed by atoms with van der Waals surface area (Å²) in [7, 11) is 0. The van der Waals surface area contributed by atoms with Crippen molar-refractivity contribution in [1.29, 1.82) is 0 Å². The second-order valence-electron chi connectivity index (χ2n) is 4.30. The van der Waals surface area contributed by atoms with Gasteiger partial charge in [0.05, 0.1) is 11.6 Å². The summed E-state index contributed by atoms with van der Waals surface area (Å²) < 4.78 is 18.2. The van der Waals surface area contributed by atoms with Crippen LogP contribution in [0.2, 0.25) is 5.02 Å². The highest BCUT2D eigenvalue weighted by atomic mass is 35.5. The van der Waals surface area contributed by atoms with E-state index in [9.17, 15) is 9.18 Å². The van der Waals surface area contributed by atoms with Crippen LogP contribution in [0, 0.1) is 12.7 Å². The van der Waals surface area contributed by atoms with E-state index in [0.717, 1.165) is 6.07 Å². The number of nitrogens with one attached hydrogen (secondary N) is 1. The standard InChI is InChI=1S/C13H14ClFN4O2/c1-3-19(7-12-16-8(2)21-18-12)13(20)17-9-4-5-10(14)11(15)6-9/h4-6H,3,7H2,1-2H3,(H,17,20). The molecule has 21 heavy (non-hydrogen) atoms. The van der Waals surface area contributed by atoms with Gasteiger partial charge in [0.1, 0.15) is 5.82 Å². The molecule has 1 aromatic heterocycles. The van der Waals surface area contributed by atoms with Gasteiger partial charge >= 0.3 is 6.03 Å². The molecule has 0 saturated carbocycles. The molecule has 1 N–H and O–H groups in total. The van der Waals surface area contributed by atoms with E-state index >= 15 is 0 Å². The van der Waals surface area contributed by atoms with Crippen molar-refractivity contribution < 1.29 is 13.7 Å². The number of benzene rings is 1. The molecular formula is C13H14ClFN4O2. The van der Waals surface area contributed by atoms with Gasteiger partial charge in [0.15, 0.2) is 5.82 Å². The van der Waals surface area contributed by atoms with Gasteiger partial charge in [0.2, 0.25) is 5.89 Å². The maximum absolute atomic E-state index is 13.3. The molecule has 0 aliphatic heterocycles. The summed E-state index contributed by atoms with van der Waals surface area (Å²) in [6.07, 6.45) is 0. The van der Waals surface area contributed by atoms with E-state index in [4.69, 9.17) is 16.1 Å². The Kier molecular flexibility index (Phi) is 4.74. The minimum Gasteiger partial charge on any atom is -0.340 e. The van der Waals surface area contributed by atoms with Crippen LogP contribution in [0.3, 0.4) is 0 Å². The van der Waals surface area contributed by atoms with Crippen LogP contribution in [-0.4, -0.2) is 27.6 Å². The average Bonchev–Trinajstić information content (AvgIpc) is 2.85. The lowest BCUT2D eigenvalue weighted by atomic mass is 10.3. The molecule has 0 unspecified atom stereocenters. The fourth-order valence-corrected chi connectivity index (χ4v) is 1.80. The van der Waals surface area contributed by atoms with E-state index in [1.54, 1.807) is 6.92 Å². The molecule has 0 atom stereocenters. The summed E-state index contributed by atoms with van der Waals surface area (Å²) in [6.45, 7) is 4.13. The summed E-state index contributed by atoms with van der Waals surface area (Å²) >= 11 is 5.59. The van der Waals surface area contributed by atoms with Crippen LogP contribution < -0.4 is 5.32 Å². The number of halogens is 2. The topological polar surface area (TPSA) is 71.3 Å². The fourth-order valence-electron chi connectivity index (χ4n) is 1.68. The Bertz CT molecular complexity index is 647. The van der Waals surface area contributed by atoms with Crippen molar-refractivity contribution in [3.63, 3.8) is 0 Å². The summed E-state index contributed by atoms with van der Waals surface area (Å²) in [6, 6.07) is 3.68. The Morgan fingerprint density at radius 1 is 1.52 bits per heavy atom. The van der Waals surface area contributed by atoms with Gasteiger partial charge in [-0.15, -0.1) is 0 Å². The van der Waals surface area contributed by atoms with E-state index < -0.39 is 5.82 Å². The minimum atomic E-state index is -0.591. The number of urea groups is 1. The maximum atomic E-state index is 13.3. The SMILES string of the molecule is CCN(Cc1noc(C)n1)C(=O)Nc1ccc(Cl)c(F)c1. The lowest BCUT2D eigenvalue weighted by Crippen LogP contribution is -2.34. The third-order valence-corrected chi connectivity index (χ3v) is 3.05. The maximum Gasteiger partial charge on any atom is 0.322 e. The molecule has 1 aromatic carbocycles. The highest BCUT2D eigenvalue weighted by Gasteiger charge is 2.15. The number of rotatable bonds is 4. The van der Waals surface area contributed by atoms with E-state index in [0.29, 0.717) is 23.9 Å². The van der Waals surface area contributed by atoms with Gasteiger partial charge < -0.3 is 14.7 Å². The van der Waals surface area contributed by atoms with Crippen LogP contribution in [-0.2, 0) is 6.54 Å². The number of nitrogens with zero attached hydrogens (tertiary/aromatic N) is 3. The summed E-state index contributed by atoms with van der Waals surface area (Å²) in [4.78, 5) is 17.6. The first-order valence-corrected chi connectivity index (χ1v) is 6.67. The number of anilines is 1. The molecule has 112 valence electrons. The molecule has 0 aliphatic rings. The predicted octanol–water partition coefficient (Wildman–Crippen LogP) is 3.22. The van der Waals surface area contributed by atoms with Gasteiger partial charge in [-0.25, -0.2) is 9.18 Å². The fraction of sp³-hybridized carbons (Fsp3) is 0.308. The highest BCUT2D eigenvalue weighted by molar-refractivity contribution is 6.30. The number of aryl methyl sites for hydroxylation is 1. The van der Waals surface area contributed by atoms with Crippen molar-refractivity contribution in [2.45, 2.75) is 20.4 Å². The predicted molar refractivity (Wildman–Crippen MR) is 75.5 cm³/mol. The van der Waals surface area contributed by atoms with Crippen LogP contribution in [0.1, 0.15) is 18.6 Å². The first-order chi connectivity index (χ1) is 9.99. The highest BCUT2D eigenvalue weighted by Crippen LogP contribution is 2.19. The molecule has 0 bridgehead atoms. The largest absolute Gasteiger partial charge is 0.340 e. The molecule has 0 fully saturated rings. The first-order valence-electron chi connectivity index (χ1n) is 6.29. The van der Waals surface area contributed by atoms with Gasteiger partial charge in [-0.1, -0.05) is 16.8 Å². The zero-order valence-corrected chi connectivity index (χ0v) is 12.3. The molecule has 2 amide bonds. The van der Waals surface area contributed by atoms with Gasteiger partial charge in [-0.05, 0) is 25.1 Å². The van der Waals surface area contributed by atoms with Gasteiger partial charge in [-0.2, -0.15) is 4.98 Å². The number of carbonyl (C=O) groups is 1. The summed E-state index contributed by atoms with van der Waals surface area (Å²) in [5, 5.41) is 6.33. The lowest BCUT2D eigenvalue weighted by Gasteiger charge is -2.19. The van der Waals surface area contributed by atoms with Crippen LogP contribution in [0.4, 0.5) is 14.9 Å². The second kappa shape index (κ2) is 6.53. The normalized spacial score (nSPS) is 10.5. The number of hydrogen-bond donors (Lipinski definition) is 1. The Balaban J connectivity index is 2.04. The Hall–Kier alpha value is -2.15. The first kappa shape index (κ1) is 15.2. The van der Waals surface area contributed by atoms with E-state index in [2.05, 4.69) is 15.5 Å². The third kappa shape index (κ3) is 3.91. The zero-order valence-electron chi connectivity index (χ0n) is 11.6. The van der Waals surface area contributed by atoms with Crippen molar-refractivity contribution in [1.82, 2.24) is 15.0 Å². The van der Waals surface area contributed by atoms with Crippen LogP contribution in [0.15, 0.2) is 22.7 Å². The quantitative estimate of drug-likeness (QED) is 0.941. The second-order valence-corrected chi connectivity index (χ2v) is 4.71. The van der Waals surface area contributed by atoms with Gasteiger partial charge in [-0.3, -0.25) is 0 Å². The van der Waals surface area contributed by atoms with Gasteiger partial charge in [0, 0.05) is 19.2 Å². The van der Waals surface area contributed by atoms with Crippen LogP contribution in [0.5, 0.6) is 0 Å². The van der Waals surface area contributed by atoms with Crippen molar-refractivity contribution >= 4 is 23.3 Å². The van der Waals surface area contributed by atoms with Crippen molar-refractivity contribution in [2.75, 3.05) is 11.9 Å². The zero-order chi connectivity index (χ0) is 15.4. The molecule has 0 spiro atoms. The Morgan fingerprint density at radius 2 is 2.29 bits per heavy atom.